The van der Waals surface area contributed by atoms with Crippen LogP contribution in [-0.2, 0) is 55.5 Å². The molecule has 0 radical (unpaired) electrons. The van der Waals surface area contributed by atoms with Gasteiger partial charge in [-0.05, 0) is 133 Å². The van der Waals surface area contributed by atoms with Crippen LogP contribution in [0.15, 0.2) is 119 Å². The van der Waals surface area contributed by atoms with Crippen molar-refractivity contribution in [1.82, 2.24) is 29.0 Å². The van der Waals surface area contributed by atoms with E-state index in [0.29, 0.717) is 65.5 Å². The fraction of sp³-hybridized carbons (Fsp3) is 0.217. The van der Waals surface area contributed by atoms with Crippen LogP contribution in [-0.4, -0.2) is 74.1 Å². The quantitative estimate of drug-likeness (QED) is 0.120. The maximum Gasteiger partial charge on any atom is 0.421 e. The fourth-order valence-corrected chi connectivity index (χ4v) is 10.4. The third kappa shape index (κ3) is 13.2. The predicted octanol–water partition coefficient (Wildman–Crippen LogP) is 11.3. The second kappa shape index (κ2) is 22.9. The molecule has 2 atom stereocenters. The number of rotatable bonds is 12. The molecule has 14 nitrogen and oxygen atoms in total. The van der Waals surface area contributed by atoms with Crippen LogP contribution in [0.2, 0.25) is 30.1 Å². The molecule has 8 rings (SSSR count). The van der Waals surface area contributed by atoms with Gasteiger partial charge in [-0.3, -0.25) is 9.36 Å². The fourth-order valence-electron chi connectivity index (χ4n) is 7.40. The van der Waals surface area contributed by atoms with Crippen molar-refractivity contribution < 1.29 is 44.7 Å². The molecule has 2 heterocycles. The summed E-state index contributed by atoms with van der Waals surface area (Å²) in [6.45, 7) is -0.111. The molecule has 70 heavy (non-hydrogen) atoms. The minimum Gasteiger partial charge on any atom is -0.445 e. The number of alkyl halides is 2. The number of fused-ring (bicyclic) bond motifs is 2. The highest BCUT2D eigenvalue weighted by atomic mass is 35.5. The topological polar surface area (TPSA) is 181 Å². The lowest BCUT2D eigenvalue weighted by atomic mass is 9.91. The molecule has 2 N–H and O–H groups in total. The number of carbonyl (C=O) groups is 2. The molecule has 0 bridgehead atoms. The summed E-state index contributed by atoms with van der Waals surface area (Å²) < 4.78 is 95.9. The minimum absolute atomic E-state index is 0.150. The zero-order valence-corrected chi connectivity index (χ0v) is 42.3. The summed E-state index contributed by atoms with van der Waals surface area (Å²) in [6.07, 6.45) is 2.70. The van der Waals surface area contributed by atoms with Gasteiger partial charge in [-0.15, -0.1) is 0 Å². The Morgan fingerprint density at radius 3 is 1.30 bits per heavy atom. The Hall–Kier alpha value is -5.18. The van der Waals surface area contributed by atoms with Crippen LogP contribution >= 0.6 is 69.6 Å². The van der Waals surface area contributed by atoms with Crippen molar-refractivity contribution in [2.45, 2.75) is 60.9 Å². The van der Waals surface area contributed by atoms with Crippen molar-refractivity contribution in [2.75, 3.05) is 13.2 Å². The average molecular weight is 1120 g/mol. The Morgan fingerprint density at radius 2 is 0.943 bits per heavy atom. The van der Waals surface area contributed by atoms with Crippen LogP contribution in [0, 0.1) is 0 Å². The molecule has 2 aliphatic rings. The van der Waals surface area contributed by atoms with Gasteiger partial charge in [0.15, 0.2) is 0 Å². The number of nitrogens with one attached hydrogen (secondary N) is 2. The van der Waals surface area contributed by atoms with Crippen molar-refractivity contribution in [3.05, 3.63) is 173 Å². The normalized spacial score (nSPS) is 16.7. The Kier molecular flexibility index (Phi) is 17.2. The van der Waals surface area contributed by atoms with Gasteiger partial charge in [0.25, 0.3) is 20.0 Å². The van der Waals surface area contributed by atoms with Gasteiger partial charge in [0.05, 0.1) is 46.7 Å². The van der Waals surface area contributed by atoms with Gasteiger partial charge < -0.3 is 9.47 Å². The van der Waals surface area contributed by atoms with E-state index < -0.39 is 44.6 Å². The molecule has 0 fully saturated rings. The smallest absolute Gasteiger partial charge is 0.421 e. The molecule has 368 valence electrons. The molecular formula is C46H38Cl6F2N6O8S2. The summed E-state index contributed by atoms with van der Waals surface area (Å²) in [4.78, 5) is 23.9. The minimum atomic E-state index is -4.14. The Balaban J connectivity index is 0.000000206. The number of carbonyl (C=O) groups excluding carboxylic acids is 2. The first kappa shape index (κ1) is 52.6. The number of ether oxygens (including phenoxy) is 2. The zero-order chi connectivity index (χ0) is 50.3. The van der Waals surface area contributed by atoms with Crippen molar-refractivity contribution >= 4 is 113 Å². The molecule has 0 aliphatic heterocycles. The van der Waals surface area contributed by atoms with Crippen molar-refractivity contribution in [3.63, 3.8) is 0 Å². The van der Waals surface area contributed by atoms with E-state index >= 15 is 0 Å². The van der Waals surface area contributed by atoms with Crippen LogP contribution < -0.4 is 9.44 Å². The molecule has 2 aliphatic carbocycles. The van der Waals surface area contributed by atoms with E-state index in [9.17, 15) is 35.2 Å². The molecular weight excluding hydrogens is 1080 g/mol. The highest BCUT2D eigenvalue weighted by Gasteiger charge is 2.30. The monoisotopic (exact) mass is 1110 g/mol. The number of amides is 2. The van der Waals surface area contributed by atoms with Gasteiger partial charge in [-0.2, -0.15) is 10.2 Å². The molecule has 0 saturated heterocycles. The first-order valence-electron chi connectivity index (χ1n) is 20.8. The molecule has 0 spiro atoms. The SMILES string of the molecule is O=C(NS(=O)(=O)c1ccc(Cl)cc1)OC/C=C1/c2c(cnn2Cc2ccc(Cl)cc2Cl)CCC1F.O=C(NS(=O)(=O)c1ccc(Cl)cc1)OC/C=C1\c2c(cnn2Cc2ccc(Cl)cc2Cl)CCC1F. The Labute approximate surface area is 431 Å². The summed E-state index contributed by atoms with van der Waals surface area (Å²) >= 11 is 36.0. The first-order valence-corrected chi connectivity index (χ1v) is 26.1. The zero-order valence-electron chi connectivity index (χ0n) is 36.1. The summed E-state index contributed by atoms with van der Waals surface area (Å²) in [7, 11) is -8.29. The molecule has 6 aromatic rings. The Morgan fingerprint density at radius 1 is 0.586 bits per heavy atom. The number of hydrogen-bond donors (Lipinski definition) is 2. The Bertz CT molecular complexity index is 3000. The largest absolute Gasteiger partial charge is 0.445 e. The summed E-state index contributed by atoms with van der Waals surface area (Å²) in [6, 6.07) is 20.7. The number of nitrogens with zero attached hydrogens (tertiary/aromatic N) is 4. The number of halogens is 8. The molecule has 4 aromatic carbocycles. The van der Waals surface area contributed by atoms with E-state index in [1.165, 1.54) is 60.7 Å². The van der Waals surface area contributed by atoms with Crippen molar-refractivity contribution in [2.24, 2.45) is 0 Å². The van der Waals surface area contributed by atoms with E-state index in [0.717, 1.165) is 22.3 Å². The lowest BCUT2D eigenvalue weighted by molar-refractivity contribution is 0.163. The molecule has 0 saturated carbocycles. The van der Waals surface area contributed by atoms with Gasteiger partial charge in [0.2, 0.25) is 0 Å². The van der Waals surface area contributed by atoms with Crippen molar-refractivity contribution in [3.8, 4) is 0 Å². The summed E-state index contributed by atoms with van der Waals surface area (Å²) in [5.74, 6) is 0. The third-order valence-electron chi connectivity index (χ3n) is 10.8. The van der Waals surface area contributed by atoms with E-state index in [1.807, 2.05) is 9.44 Å². The van der Waals surface area contributed by atoms with Gasteiger partial charge in [0, 0.05) is 41.3 Å². The first-order chi connectivity index (χ1) is 33.3. The van der Waals surface area contributed by atoms with E-state index in [-0.39, 0.29) is 48.9 Å². The van der Waals surface area contributed by atoms with Crippen LogP contribution in [0.5, 0.6) is 0 Å². The number of sulfonamides is 2. The van der Waals surface area contributed by atoms with Gasteiger partial charge in [-0.25, -0.2) is 44.6 Å². The predicted molar refractivity (Wildman–Crippen MR) is 264 cm³/mol. The van der Waals surface area contributed by atoms with Gasteiger partial charge >= 0.3 is 12.2 Å². The molecule has 24 heteroatoms. The summed E-state index contributed by atoms with van der Waals surface area (Å²) in [5, 5.41) is 11.4. The number of benzene rings is 4. The maximum atomic E-state index is 14.9. The van der Waals surface area contributed by atoms with Crippen LogP contribution in [0.1, 0.15) is 46.5 Å². The maximum absolute atomic E-state index is 14.9. The van der Waals surface area contributed by atoms with E-state index in [1.54, 1.807) is 58.2 Å². The second-order valence-corrected chi connectivity index (χ2v) is 21.4. The standard InChI is InChI=1S/2C23H19Cl3FN3O4S/c2*24-16-4-6-18(7-5-16)35(32,33)29-23(31)34-10-9-19-21(27)8-2-14-12-28-30(22(14)19)13-15-1-3-17(25)11-20(15)26/h2*1,3-7,9,11-12,21H,2,8,10,13H2,(H,29,31)/b19-9+;19-9-. The highest BCUT2D eigenvalue weighted by molar-refractivity contribution is 7.90. The molecule has 2 amide bonds. The summed E-state index contributed by atoms with van der Waals surface area (Å²) in [5.41, 5.74) is 4.98. The number of hydrogen-bond acceptors (Lipinski definition) is 10. The van der Waals surface area contributed by atoms with Crippen LogP contribution in [0.4, 0.5) is 18.4 Å². The van der Waals surface area contributed by atoms with Gasteiger partial charge in [0.1, 0.15) is 25.6 Å². The van der Waals surface area contributed by atoms with Crippen LogP contribution in [0.3, 0.4) is 0 Å². The van der Waals surface area contributed by atoms with Crippen LogP contribution in [0.25, 0.3) is 11.1 Å². The van der Waals surface area contributed by atoms with E-state index in [2.05, 4.69) is 10.2 Å². The van der Waals surface area contributed by atoms with Gasteiger partial charge in [-0.1, -0.05) is 81.7 Å². The highest BCUT2D eigenvalue weighted by Crippen LogP contribution is 2.36. The van der Waals surface area contributed by atoms with E-state index in [4.69, 9.17) is 79.1 Å². The number of aromatic nitrogens is 4. The number of aryl methyl sites for hydroxylation is 2. The number of allylic oxidation sites excluding steroid dienone is 2. The average Bonchev–Trinajstić information content (AvgIpc) is 3.91. The second-order valence-electron chi connectivity index (χ2n) is 15.5. The lowest BCUT2D eigenvalue weighted by Gasteiger charge is -2.22. The van der Waals surface area contributed by atoms with Crippen molar-refractivity contribution in [1.29, 1.82) is 0 Å². The lowest BCUT2D eigenvalue weighted by Crippen LogP contribution is -2.31. The third-order valence-corrected chi connectivity index (χ3v) is 15.1. The molecule has 2 aromatic heterocycles. The molecule has 2 unspecified atom stereocenters.